The lowest BCUT2D eigenvalue weighted by molar-refractivity contribution is 0.788. The van der Waals surface area contributed by atoms with Crippen LogP contribution in [0.1, 0.15) is 6.92 Å². The topological polar surface area (TPSA) is 22.0 Å². The lowest BCUT2D eigenvalue weighted by Gasteiger charge is -2.08. The van der Waals surface area contributed by atoms with Gasteiger partial charge in [-0.3, -0.25) is 4.79 Å². The number of fused-ring (bicyclic) bond motifs is 1. The molecule has 1 aromatic carbocycles. The van der Waals surface area contributed by atoms with Gasteiger partial charge in [0.15, 0.2) is 5.43 Å². The fraction of sp³-hybridized carbons (Fsp3) is 0.182. The van der Waals surface area contributed by atoms with Crippen molar-refractivity contribution in [1.82, 2.24) is 4.57 Å². The van der Waals surface area contributed by atoms with Crippen LogP contribution in [0.15, 0.2) is 35.3 Å². The van der Waals surface area contributed by atoms with Crippen LogP contribution in [0.25, 0.3) is 10.9 Å². The summed E-state index contributed by atoms with van der Waals surface area (Å²) in [5.74, 6) is 0. The van der Waals surface area contributed by atoms with Gasteiger partial charge in [-0.25, -0.2) is 0 Å². The summed E-state index contributed by atoms with van der Waals surface area (Å²) < 4.78 is 1.97. The van der Waals surface area contributed by atoms with Crippen LogP contribution in [0.2, 0.25) is 5.02 Å². The third-order valence-electron chi connectivity index (χ3n) is 2.29. The van der Waals surface area contributed by atoms with Crippen molar-refractivity contribution in [1.29, 1.82) is 0 Å². The summed E-state index contributed by atoms with van der Waals surface area (Å²) >= 11 is 6.05. The summed E-state index contributed by atoms with van der Waals surface area (Å²) in [6.07, 6.45) is 1.77. The van der Waals surface area contributed by atoms with Crippen molar-refractivity contribution in [3.63, 3.8) is 0 Å². The van der Waals surface area contributed by atoms with E-state index in [2.05, 4.69) is 0 Å². The van der Waals surface area contributed by atoms with Gasteiger partial charge >= 0.3 is 0 Å². The number of hydrogen-bond donors (Lipinski definition) is 0. The van der Waals surface area contributed by atoms with E-state index in [1.807, 2.05) is 11.5 Å². The highest BCUT2D eigenvalue weighted by molar-refractivity contribution is 6.35. The quantitative estimate of drug-likeness (QED) is 0.705. The van der Waals surface area contributed by atoms with Gasteiger partial charge in [-0.1, -0.05) is 17.7 Å². The molecule has 2 rings (SSSR count). The van der Waals surface area contributed by atoms with Crippen molar-refractivity contribution in [2.24, 2.45) is 0 Å². The Morgan fingerprint density at radius 2 is 2.14 bits per heavy atom. The zero-order chi connectivity index (χ0) is 10.1. The molecule has 0 N–H and O–H groups in total. The first-order chi connectivity index (χ1) is 6.74. The van der Waals surface area contributed by atoms with Gasteiger partial charge < -0.3 is 4.57 Å². The Hall–Kier alpha value is -1.28. The fourth-order valence-corrected chi connectivity index (χ4v) is 1.87. The van der Waals surface area contributed by atoms with E-state index in [9.17, 15) is 4.79 Å². The zero-order valence-corrected chi connectivity index (χ0v) is 8.58. The molecule has 1 heterocycles. The largest absolute Gasteiger partial charge is 0.346 e. The molecule has 0 saturated heterocycles. The first kappa shape index (κ1) is 9.28. The van der Waals surface area contributed by atoms with Crippen molar-refractivity contribution in [2.75, 3.05) is 0 Å². The van der Waals surface area contributed by atoms with Crippen molar-refractivity contribution < 1.29 is 0 Å². The minimum Gasteiger partial charge on any atom is -0.346 e. The molecule has 0 amide bonds. The number of hydrogen-bond acceptors (Lipinski definition) is 1. The molecule has 0 fully saturated rings. The van der Waals surface area contributed by atoms with Gasteiger partial charge in [0.1, 0.15) is 0 Å². The average Bonchev–Trinajstić information content (AvgIpc) is 2.20. The van der Waals surface area contributed by atoms with E-state index < -0.39 is 0 Å². The Bertz CT molecular complexity index is 530. The molecule has 2 aromatic rings. The molecule has 14 heavy (non-hydrogen) atoms. The molecule has 2 nitrogen and oxygen atoms in total. The second-order valence-corrected chi connectivity index (χ2v) is 3.51. The van der Waals surface area contributed by atoms with E-state index in [1.54, 1.807) is 30.5 Å². The number of pyridine rings is 1. The van der Waals surface area contributed by atoms with Gasteiger partial charge in [-0.15, -0.1) is 0 Å². The molecule has 0 bridgehead atoms. The second-order valence-electron chi connectivity index (χ2n) is 3.10. The molecule has 1 aromatic heterocycles. The summed E-state index contributed by atoms with van der Waals surface area (Å²) in [6, 6.07) is 6.97. The molecule has 0 aliphatic rings. The van der Waals surface area contributed by atoms with E-state index in [4.69, 9.17) is 11.6 Å². The van der Waals surface area contributed by atoms with Gasteiger partial charge in [-0.2, -0.15) is 0 Å². The molecule has 72 valence electrons. The van der Waals surface area contributed by atoms with E-state index in [0.717, 1.165) is 12.1 Å². The number of aromatic nitrogens is 1. The number of rotatable bonds is 1. The number of nitrogens with zero attached hydrogens (tertiary/aromatic N) is 1. The summed E-state index contributed by atoms with van der Waals surface area (Å²) in [7, 11) is 0. The predicted octanol–water partition coefficient (Wildman–Crippen LogP) is 2.67. The van der Waals surface area contributed by atoms with Crippen molar-refractivity contribution in [3.8, 4) is 0 Å². The van der Waals surface area contributed by atoms with Gasteiger partial charge in [0, 0.05) is 24.2 Å². The summed E-state index contributed by atoms with van der Waals surface area (Å²) in [5, 5.41) is 1.31. The molecule has 0 unspecified atom stereocenters. The Morgan fingerprint density at radius 1 is 1.36 bits per heavy atom. The molecular formula is C11H10ClNO. The van der Waals surface area contributed by atoms with Crippen LogP contribution < -0.4 is 5.43 Å². The molecular weight excluding hydrogens is 198 g/mol. The van der Waals surface area contributed by atoms with E-state index >= 15 is 0 Å². The van der Waals surface area contributed by atoms with Crippen LogP contribution >= 0.6 is 11.6 Å². The van der Waals surface area contributed by atoms with Gasteiger partial charge in [0.25, 0.3) is 0 Å². The Balaban J connectivity index is 3.00. The van der Waals surface area contributed by atoms with E-state index in [-0.39, 0.29) is 5.43 Å². The highest BCUT2D eigenvalue weighted by Crippen LogP contribution is 2.20. The summed E-state index contributed by atoms with van der Waals surface area (Å²) in [5.41, 5.74) is 0.844. The average molecular weight is 208 g/mol. The summed E-state index contributed by atoms with van der Waals surface area (Å²) in [6.45, 7) is 2.83. The first-order valence-corrected chi connectivity index (χ1v) is 4.89. The zero-order valence-electron chi connectivity index (χ0n) is 7.83. The molecule has 0 saturated carbocycles. The molecule has 0 radical (unpaired) electrons. The lowest BCUT2D eigenvalue weighted by Crippen LogP contribution is -2.07. The number of halogens is 1. The van der Waals surface area contributed by atoms with Crippen LogP contribution in [-0.4, -0.2) is 4.57 Å². The molecule has 0 aliphatic carbocycles. The van der Waals surface area contributed by atoms with Crippen molar-refractivity contribution >= 4 is 22.5 Å². The monoisotopic (exact) mass is 207 g/mol. The molecule has 0 aliphatic heterocycles. The normalized spacial score (nSPS) is 10.7. The third kappa shape index (κ3) is 1.32. The number of aryl methyl sites for hydroxylation is 1. The Kier molecular flexibility index (Phi) is 2.30. The standard InChI is InChI=1S/C11H10ClNO/c1-2-13-7-6-10(14)8-4-3-5-9(12)11(8)13/h3-7H,2H2,1H3. The summed E-state index contributed by atoms with van der Waals surface area (Å²) in [4.78, 5) is 11.5. The maximum absolute atomic E-state index is 11.5. The maximum atomic E-state index is 11.5. The highest BCUT2D eigenvalue weighted by atomic mass is 35.5. The van der Waals surface area contributed by atoms with Crippen LogP contribution in [0.3, 0.4) is 0 Å². The molecule has 0 spiro atoms. The van der Waals surface area contributed by atoms with E-state index in [1.165, 1.54) is 0 Å². The van der Waals surface area contributed by atoms with Crippen LogP contribution in [-0.2, 0) is 6.54 Å². The van der Waals surface area contributed by atoms with Crippen LogP contribution in [0, 0.1) is 0 Å². The van der Waals surface area contributed by atoms with Crippen molar-refractivity contribution in [2.45, 2.75) is 13.5 Å². The fourth-order valence-electron chi connectivity index (χ4n) is 1.59. The molecule has 0 atom stereocenters. The Labute approximate surface area is 86.7 Å². The lowest BCUT2D eigenvalue weighted by atomic mass is 10.2. The minimum absolute atomic E-state index is 0.0206. The van der Waals surface area contributed by atoms with Crippen LogP contribution in [0.5, 0.6) is 0 Å². The first-order valence-electron chi connectivity index (χ1n) is 4.51. The van der Waals surface area contributed by atoms with Gasteiger partial charge in [0.05, 0.1) is 10.5 Å². The maximum Gasteiger partial charge on any atom is 0.189 e. The van der Waals surface area contributed by atoms with Crippen LogP contribution in [0.4, 0.5) is 0 Å². The van der Waals surface area contributed by atoms with Crippen molar-refractivity contribution in [3.05, 3.63) is 45.7 Å². The number of para-hydroxylation sites is 1. The SMILES string of the molecule is CCn1ccc(=O)c2cccc(Cl)c21. The smallest absolute Gasteiger partial charge is 0.189 e. The minimum atomic E-state index is 0.0206. The Morgan fingerprint density at radius 3 is 2.86 bits per heavy atom. The van der Waals surface area contributed by atoms with Gasteiger partial charge in [0.2, 0.25) is 0 Å². The highest BCUT2D eigenvalue weighted by Gasteiger charge is 2.04. The molecule has 3 heteroatoms. The second kappa shape index (κ2) is 3.46. The third-order valence-corrected chi connectivity index (χ3v) is 2.59. The predicted molar refractivity (Wildman–Crippen MR) is 58.9 cm³/mol. The van der Waals surface area contributed by atoms with E-state index in [0.29, 0.717) is 10.4 Å². The number of benzene rings is 1. The van der Waals surface area contributed by atoms with Gasteiger partial charge in [-0.05, 0) is 19.1 Å².